The Labute approximate surface area is 101 Å². The maximum Gasteiger partial charge on any atom is 0.159 e. The summed E-state index contributed by atoms with van der Waals surface area (Å²) in [6, 6.07) is 9.79. The van der Waals surface area contributed by atoms with Crippen LogP contribution in [0.5, 0.6) is 0 Å². The Kier molecular flexibility index (Phi) is 4.50. The molecule has 0 spiro atoms. The molecular weight excluding hydrogens is 220 g/mol. The molecule has 1 aliphatic heterocycles. The van der Waals surface area contributed by atoms with Gasteiger partial charge >= 0.3 is 0 Å². The number of rotatable bonds is 5. The van der Waals surface area contributed by atoms with Crippen LogP contribution in [-0.4, -0.2) is 35.8 Å². The molecule has 1 saturated heterocycles. The quantitative estimate of drug-likeness (QED) is 0.801. The summed E-state index contributed by atoms with van der Waals surface area (Å²) < 4.78 is 10.4. The average molecular weight is 238 g/mol. The van der Waals surface area contributed by atoms with Crippen LogP contribution in [0.4, 0.5) is 0 Å². The van der Waals surface area contributed by atoms with E-state index in [9.17, 15) is 10.2 Å². The fourth-order valence-corrected chi connectivity index (χ4v) is 1.97. The molecule has 1 unspecified atom stereocenters. The summed E-state index contributed by atoms with van der Waals surface area (Å²) in [6.07, 6.45) is -0.849. The SMILES string of the molecule is OC1OCC[C@H]1[C@H](O)COCc1ccccc1. The summed E-state index contributed by atoms with van der Waals surface area (Å²) in [6.45, 7) is 1.20. The molecule has 1 aromatic rings. The van der Waals surface area contributed by atoms with Crippen LogP contribution in [0, 0.1) is 5.92 Å². The first-order valence-corrected chi connectivity index (χ1v) is 5.87. The molecule has 0 aromatic heterocycles. The van der Waals surface area contributed by atoms with Crippen LogP contribution < -0.4 is 0 Å². The van der Waals surface area contributed by atoms with Crippen LogP contribution in [0.15, 0.2) is 30.3 Å². The number of aliphatic hydroxyl groups is 2. The molecule has 94 valence electrons. The molecule has 0 saturated carbocycles. The van der Waals surface area contributed by atoms with E-state index in [1.165, 1.54) is 0 Å². The van der Waals surface area contributed by atoms with E-state index in [-0.39, 0.29) is 12.5 Å². The van der Waals surface area contributed by atoms with E-state index < -0.39 is 12.4 Å². The molecule has 0 amide bonds. The van der Waals surface area contributed by atoms with Gasteiger partial charge in [0, 0.05) is 5.92 Å². The minimum absolute atomic E-state index is 0.222. The Hall–Kier alpha value is -0.940. The van der Waals surface area contributed by atoms with E-state index in [0.717, 1.165) is 5.56 Å². The lowest BCUT2D eigenvalue weighted by Crippen LogP contribution is -2.31. The van der Waals surface area contributed by atoms with Crippen molar-refractivity contribution in [3.05, 3.63) is 35.9 Å². The molecule has 4 heteroatoms. The van der Waals surface area contributed by atoms with Crippen molar-refractivity contribution in [3.8, 4) is 0 Å². The number of hydrogen-bond donors (Lipinski definition) is 2. The average Bonchev–Trinajstić information content (AvgIpc) is 2.77. The van der Waals surface area contributed by atoms with Crippen molar-refractivity contribution in [1.29, 1.82) is 0 Å². The molecule has 2 rings (SSSR count). The topological polar surface area (TPSA) is 58.9 Å². The van der Waals surface area contributed by atoms with Gasteiger partial charge in [-0.2, -0.15) is 0 Å². The van der Waals surface area contributed by atoms with Crippen LogP contribution in [-0.2, 0) is 16.1 Å². The summed E-state index contributed by atoms with van der Waals surface area (Å²) in [4.78, 5) is 0. The fraction of sp³-hybridized carbons (Fsp3) is 0.538. The van der Waals surface area contributed by atoms with Gasteiger partial charge in [0.05, 0.1) is 25.9 Å². The van der Waals surface area contributed by atoms with E-state index in [0.29, 0.717) is 19.6 Å². The highest BCUT2D eigenvalue weighted by molar-refractivity contribution is 5.13. The van der Waals surface area contributed by atoms with Crippen molar-refractivity contribution < 1.29 is 19.7 Å². The Balaban J connectivity index is 1.71. The molecule has 0 aliphatic carbocycles. The van der Waals surface area contributed by atoms with Gasteiger partial charge in [0.2, 0.25) is 0 Å². The van der Waals surface area contributed by atoms with Gasteiger partial charge in [-0.25, -0.2) is 0 Å². The monoisotopic (exact) mass is 238 g/mol. The summed E-state index contributed by atoms with van der Waals surface area (Å²) in [5, 5.41) is 19.3. The number of aliphatic hydroxyl groups excluding tert-OH is 2. The third kappa shape index (κ3) is 3.51. The molecule has 1 fully saturated rings. The molecule has 1 heterocycles. The number of hydrogen-bond acceptors (Lipinski definition) is 4. The molecular formula is C13H18O4. The Morgan fingerprint density at radius 2 is 2.12 bits per heavy atom. The first-order valence-electron chi connectivity index (χ1n) is 5.87. The van der Waals surface area contributed by atoms with Crippen molar-refractivity contribution in [2.75, 3.05) is 13.2 Å². The molecule has 0 bridgehead atoms. The van der Waals surface area contributed by atoms with Crippen molar-refractivity contribution in [3.63, 3.8) is 0 Å². The smallest absolute Gasteiger partial charge is 0.159 e. The standard InChI is InChI=1S/C13H18O4/c14-12(11-6-7-17-13(11)15)9-16-8-10-4-2-1-3-5-10/h1-5,11-15H,6-9H2/t11-,12+,13?/m0/s1. The Morgan fingerprint density at radius 1 is 1.35 bits per heavy atom. The summed E-state index contributed by atoms with van der Waals surface area (Å²) in [7, 11) is 0. The van der Waals surface area contributed by atoms with E-state index >= 15 is 0 Å². The van der Waals surface area contributed by atoms with Gasteiger partial charge in [-0.1, -0.05) is 30.3 Å². The van der Waals surface area contributed by atoms with Crippen LogP contribution in [0.2, 0.25) is 0 Å². The first kappa shape index (κ1) is 12.5. The van der Waals surface area contributed by atoms with Gasteiger partial charge in [0.25, 0.3) is 0 Å². The van der Waals surface area contributed by atoms with Crippen LogP contribution in [0.1, 0.15) is 12.0 Å². The highest BCUT2D eigenvalue weighted by Gasteiger charge is 2.32. The lowest BCUT2D eigenvalue weighted by Gasteiger charge is -2.19. The second-order valence-electron chi connectivity index (χ2n) is 4.28. The van der Waals surface area contributed by atoms with Crippen molar-refractivity contribution in [2.45, 2.75) is 25.4 Å². The predicted molar refractivity (Wildman–Crippen MR) is 62.2 cm³/mol. The van der Waals surface area contributed by atoms with E-state index in [1.807, 2.05) is 30.3 Å². The summed E-state index contributed by atoms with van der Waals surface area (Å²) in [5.74, 6) is -0.231. The van der Waals surface area contributed by atoms with Gasteiger partial charge in [-0.05, 0) is 12.0 Å². The predicted octanol–water partition coefficient (Wildman–Crippen LogP) is 0.919. The Bertz CT molecular complexity index is 327. The molecule has 4 nitrogen and oxygen atoms in total. The van der Waals surface area contributed by atoms with Crippen LogP contribution in [0.3, 0.4) is 0 Å². The maximum absolute atomic E-state index is 9.83. The first-order chi connectivity index (χ1) is 8.27. The van der Waals surface area contributed by atoms with Crippen molar-refractivity contribution in [2.24, 2.45) is 5.92 Å². The molecule has 17 heavy (non-hydrogen) atoms. The van der Waals surface area contributed by atoms with Crippen LogP contribution in [0.25, 0.3) is 0 Å². The van der Waals surface area contributed by atoms with E-state index in [1.54, 1.807) is 0 Å². The molecule has 1 aliphatic rings. The van der Waals surface area contributed by atoms with Crippen LogP contribution >= 0.6 is 0 Å². The lowest BCUT2D eigenvalue weighted by atomic mass is 10.0. The van der Waals surface area contributed by atoms with Gasteiger partial charge in [-0.15, -0.1) is 0 Å². The normalized spacial score (nSPS) is 26.0. The van der Waals surface area contributed by atoms with Crippen molar-refractivity contribution >= 4 is 0 Å². The zero-order chi connectivity index (χ0) is 12.1. The fourth-order valence-electron chi connectivity index (χ4n) is 1.97. The van der Waals surface area contributed by atoms with E-state index in [2.05, 4.69) is 0 Å². The molecule has 2 N–H and O–H groups in total. The highest BCUT2D eigenvalue weighted by atomic mass is 16.6. The molecule has 0 radical (unpaired) electrons. The summed E-state index contributed by atoms with van der Waals surface area (Å²) in [5.41, 5.74) is 1.07. The molecule has 1 aromatic carbocycles. The van der Waals surface area contributed by atoms with E-state index in [4.69, 9.17) is 9.47 Å². The summed E-state index contributed by atoms with van der Waals surface area (Å²) >= 11 is 0. The zero-order valence-corrected chi connectivity index (χ0v) is 9.66. The van der Waals surface area contributed by atoms with Gasteiger partial charge < -0.3 is 19.7 Å². The van der Waals surface area contributed by atoms with Gasteiger partial charge in [-0.3, -0.25) is 0 Å². The third-order valence-corrected chi connectivity index (χ3v) is 3.00. The highest BCUT2D eigenvalue weighted by Crippen LogP contribution is 2.22. The number of benzene rings is 1. The number of ether oxygens (including phenoxy) is 2. The zero-order valence-electron chi connectivity index (χ0n) is 9.66. The van der Waals surface area contributed by atoms with Gasteiger partial charge in [0.1, 0.15) is 0 Å². The van der Waals surface area contributed by atoms with Crippen molar-refractivity contribution in [1.82, 2.24) is 0 Å². The Morgan fingerprint density at radius 3 is 2.76 bits per heavy atom. The largest absolute Gasteiger partial charge is 0.390 e. The van der Waals surface area contributed by atoms with Gasteiger partial charge in [0.15, 0.2) is 6.29 Å². The minimum Gasteiger partial charge on any atom is -0.390 e. The second-order valence-corrected chi connectivity index (χ2v) is 4.28. The second kappa shape index (κ2) is 6.12. The molecule has 3 atom stereocenters. The lowest BCUT2D eigenvalue weighted by molar-refractivity contribution is -0.117. The maximum atomic E-state index is 9.83. The third-order valence-electron chi connectivity index (χ3n) is 3.00. The minimum atomic E-state index is -0.856.